The molecule has 0 radical (unpaired) electrons. The number of rotatable bonds is 2. The van der Waals surface area contributed by atoms with Gasteiger partial charge in [0, 0.05) is 12.0 Å². The van der Waals surface area contributed by atoms with Crippen molar-refractivity contribution in [2.75, 3.05) is 0 Å². The Kier molecular flexibility index (Phi) is 3.61. The largest absolute Gasteiger partial charge is 0.416 e. The third kappa shape index (κ3) is 2.96. The first-order valence-electron chi connectivity index (χ1n) is 5.26. The van der Waals surface area contributed by atoms with Gasteiger partial charge in [0.25, 0.3) is 5.56 Å². The molecule has 1 heterocycles. The highest BCUT2D eigenvalue weighted by Gasteiger charge is 2.32. The molecule has 0 atom stereocenters. The molecule has 0 bridgehead atoms. The molecule has 0 unspecified atom stereocenters. The van der Waals surface area contributed by atoms with Crippen LogP contribution in [0.1, 0.15) is 16.7 Å². The molecule has 2 aromatic rings. The minimum Gasteiger partial charge on any atom is -0.266 e. The molecule has 0 aliphatic rings. The fraction of sp³-hybridized carbons (Fsp3) is 0.167. The smallest absolute Gasteiger partial charge is 0.266 e. The predicted octanol–water partition coefficient (Wildman–Crippen LogP) is 3.03. The molecule has 0 spiro atoms. The van der Waals surface area contributed by atoms with Crippen LogP contribution in [0.15, 0.2) is 35.3 Å². The van der Waals surface area contributed by atoms with Crippen molar-refractivity contribution in [3.63, 3.8) is 0 Å². The van der Waals surface area contributed by atoms with Crippen molar-refractivity contribution in [2.24, 2.45) is 0 Å². The third-order valence-electron chi connectivity index (χ3n) is 2.57. The quantitative estimate of drug-likeness (QED) is 0.923. The molecule has 3 nitrogen and oxygen atoms in total. The van der Waals surface area contributed by atoms with Crippen molar-refractivity contribution in [1.82, 2.24) is 10.2 Å². The van der Waals surface area contributed by atoms with E-state index < -0.39 is 17.3 Å². The van der Waals surface area contributed by atoms with Crippen LogP contribution in [-0.4, -0.2) is 10.2 Å². The van der Waals surface area contributed by atoms with Crippen LogP contribution in [0.4, 0.5) is 13.2 Å². The fourth-order valence-electron chi connectivity index (χ4n) is 1.70. The molecule has 1 N–H and O–H groups in total. The Morgan fingerprint density at radius 3 is 2.58 bits per heavy atom. The van der Waals surface area contributed by atoms with Gasteiger partial charge in [-0.25, -0.2) is 5.10 Å². The summed E-state index contributed by atoms with van der Waals surface area (Å²) in [7, 11) is 0. The average molecular weight is 289 g/mol. The molecule has 1 aromatic heterocycles. The number of aromatic amines is 1. The maximum atomic E-state index is 12.8. The van der Waals surface area contributed by atoms with Crippen LogP contribution in [0, 0.1) is 0 Å². The Balaban J connectivity index is 2.45. The second kappa shape index (κ2) is 5.05. The lowest BCUT2D eigenvalue weighted by Gasteiger charge is -2.12. The summed E-state index contributed by atoms with van der Waals surface area (Å²) in [5.41, 5.74) is -1.07. The van der Waals surface area contributed by atoms with Crippen molar-refractivity contribution < 1.29 is 13.2 Å². The summed E-state index contributed by atoms with van der Waals surface area (Å²) in [5.74, 6) is 0. The number of alkyl halides is 3. The Labute approximate surface area is 111 Å². The maximum absolute atomic E-state index is 12.8. The summed E-state index contributed by atoms with van der Waals surface area (Å²) in [6.45, 7) is 0. The number of aromatic nitrogens is 2. The molecule has 0 saturated heterocycles. The standard InChI is InChI=1S/C12H8ClF3N2O/c13-10-8(6-17-18-11(10)19)5-7-3-1-2-4-9(7)12(14,15)16/h1-4,6H,5H2,(H,18,19). The number of benzene rings is 1. The molecule has 19 heavy (non-hydrogen) atoms. The lowest BCUT2D eigenvalue weighted by atomic mass is 10.0. The van der Waals surface area contributed by atoms with Crippen molar-refractivity contribution in [3.05, 3.63) is 62.5 Å². The fourth-order valence-corrected chi connectivity index (χ4v) is 1.86. The van der Waals surface area contributed by atoms with E-state index in [2.05, 4.69) is 10.2 Å². The van der Waals surface area contributed by atoms with Gasteiger partial charge in [-0.1, -0.05) is 29.8 Å². The van der Waals surface area contributed by atoms with E-state index in [9.17, 15) is 18.0 Å². The summed E-state index contributed by atoms with van der Waals surface area (Å²) in [4.78, 5) is 11.2. The summed E-state index contributed by atoms with van der Waals surface area (Å²) in [6, 6.07) is 5.15. The maximum Gasteiger partial charge on any atom is 0.416 e. The van der Waals surface area contributed by atoms with Gasteiger partial charge < -0.3 is 0 Å². The van der Waals surface area contributed by atoms with Crippen LogP contribution in [-0.2, 0) is 12.6 Å². The Morgan fingerprint density at radius 1 is 1.21 bits per heavy atom. The molecule has 7 heteroatoms. The van der Waals surface area contributed by atoms with E-state index in [-0.39, 0.29) is 22.6 Å². The number of nitrogens with zero attached hydrogens (tertiary/aromatic N) is 1. The zero-order valence-corrected chi connectivity index (χ0v) is 10.2. The SMILES string of the molecule is O=c1[nH]ncc(Cc2ccccc2C(F)(F)F)c1Cl. The van der Waals surface area contributed by atoms with Crippen molar-refractivity contribution in [2.45, 2.75) is 12.6 Å². The molecule has 0 saturated carbocycles. The van der Waals surface area contributed by atoms with Crippen LogP contribution in [0.5, 0.6) is 0 Å². The number of hydrogen-bond donors (Lipinski definition) is 1. The molecule has 0 amide bonds. The molecule has 0 aliphatic carbocycles. The summed E-state index contributed by atoms with van der Waals surface area (Å²) >= 11 is 5.74. The molecular formula is C12H8ClF3N2O. The monoisotopic (exact) mass is 288 g/mol. The van der Waals surface area contributed by atoms with Crippen LogP contribution < -0.4 is 5.56 Å². The average Bonchev–Trinajstić information content (AvgIpc) is 2.34. The predicted molar refractivity (Wildman–Crippen MR) is 64.1 cm³/mol. The molecule has 100 valence electrons. The van der Waals surface area contributed by atoms with Gasteiger partial charge >= 0.3 is 6.18 Å². The van der Waals surface area contributed by atoms with Crippen molar-refractivity contribution >= 4 is 11.6 Å². The molecule has 2 rings (SSSR count). The van der Waals surface area contributed by atoms with Crippen molar-refractivity contribution in [3.8, 4) is 0 Å². The minimum absolute atomic E-state index is 0.0456. The number of halogens is 4. The normalized spacial score (nSPS) is 11.6. The van der Waals surface area contributed by atoms with E-state index in [1.54, 1.807) is 0 Å². The zero-order valence-electron chi connectivity index (χ0n) is 9.46. The van der Waals surface area contributed by atoms with Crippen LogP contribution in [0.3, 0.4) is 0 Å². The summed E-state index contributed by atoms with van der Waals surface area (Å²) in [5, 5.41) is 5.49. The molecular weight excluding hydrogens is 281 g/mol. The van der Waals surface area contributed by atoms with Gasteiger partial charge in [-0.3, -0.25) is 4.79 Å². The van der Waals surface area contributed by atoms with Gasteiger partial charge in [-0.15, -0.1) is 0 Å². The Bertz CT molecular complexity index is 652. The first-order chi connectivity index (χ1) is 8.89. The third-order valence-corrected chi connectivity index (χ3v) is 2.99. The van der Waals surface area contributed by atoms with E-state index in [0.717, 1.165) is 6.07 Å². The van der Waals surface area contributed by atoms with Crippen LogP contribution in [0.25, 0.3) is 0 Å². The number of nitrogens with one attached hydrogen (secondary N) is 1. The number of hydrogen-bond acceptors (Lipinski definition) is 2. The van der Waals surface area contributed by atoms with Gasteiger partial charge in [0.2, 0.25) is 0 Å². The summed E-state index contributed by atoms with van der Waals surface area (Å²) in [6.07, 6.45) is -3.31. The highest BCUT2D eigenvalue weighted by molar-refractivity contribution is 6.31. The lowest BCUT2D eigenvalue weighted by molar-refractivity contribution is -0.138. The van der Waals surface area contributed by atoms with E-state index in [0.29, 0.717) is 0 Å². The zero-order chi connectivity index (χ0) is 14.0. The summed E-state index contributed by atoms with van der Waals surface area (Å²) < 4.78 is 38.4. The molecule has 0 aliphatic heterocycles. The first-order valence-corrected chi connectivity index (χ1v) is 5.64. The van der Waals surface area contributed by atoms with Crippen LogP contribution in [0.2, 0.25) is 5.02 Å². The second-order valence-electron chi connectivity index (χ2n) is 3.87. The highest BCUT2D eigenvalue weighted by atomic mass is 35.5. The molecule has 0 fully saturated rings. The lowest BCUT2D eigenvalue weighted by Crippen LogP contribution is -2.13. The second-order valence-corrected chi connectivity index (χ2v) is 4.25. The van der Waals surface area contributed by atoms with E-state index in [1.807, 2.05) is 0 Å². The van der Waals surface area contributed by atoms with Gasteiger partial charge in [0.1, 0.15) is 5.02 Å². The van der Waals surface area contributed by atoms with Gasteiger partial charge in [0.05, 0.1) is 11.8 Å². The minimum atomic E-state index is -4.45. The van der Waals surface area contributed by atoms with E-state index >= 15 is 0 Å². The van der Waals surface area contributed by atoms with Gasteiger partial charge in [-0.05, 0) is 11.6 Å². The number of H-pyrrole nitrogens is 1. The van der Waals surface area contributed by atoms with E-state index in [4.69, 9.17) is 11.6 Å². The van der Waals surface area contributed by atoms with Gasteiger partial charge in [-0.2, -0.15) is 18.3 Å². The Morgan fingerprint density at radius 2 is 1.89 bits per heavy atom. The Hall–Kier alpha value is -1.82. The topological polar surface area (TPSA) is 45.8 Å². The first kappa shape index (κ1) is 13.6. The highest BCUT2D eigenvalue weighted by Crippen LogP contribution is 2.33. The molecule has 1 aromatic carbocycles. The van der Waals surface area contributed by atoms with Crippen molar-refractivity contribution in [1.29, 1.82) is 0 Å². The van der Waals surface area contributed by atoms with E-state index in [1.165, 1.54) is 24.4 Å². The van der Waals surface area contributed by atoms with Gasteiger partial charge in [0.15, 0.2) is 0 Å². The van der Waals surface area contributed by atoms with Crippen LogP contribution >= 0.6 is 11.6 Å².